The van der Waals surface area contributed by atoms with Crippen LogP contribution < -0.4 is 0 Å². The quantitative estimate of drug-likeness (QED) is 0.622. The minimum absolute atomic E-state index is 0.257. The van der Waals surface area contributed by atoms with Crippen molar-refractivity contribution in [1.29, 1.82) is 0 Å². The summed E-state index contributed by atoms with van der Waals surface area (Å²) in [6.07, 6.45) is -4.62. The second-order valence-corrected chi connectivity index (χ2v) is 3.86. The van der Waals surface area contributed by atoms with Gasteiger partial charge in [-0.05, 0) is 12.1 Å². The molecule has 96 valence electrons. The number of nitrogens with zero attached hydrogens (tertiary/aromatic N) is 1. The minimum Gasteiger partial charge on any atom is -0.288 e. The highest BCUT2D eigenvalue weighted by molar-refractivity contribution is 7.71. The Morgan fingerprint density at radius 2 is 1.78 bits per heavy atom. The molecule has 1 aromatic carbocycles. The molecule has 0 aliphatic rings. The smallest absolute Gasteiger partial charge is 0.288 e. The van der Waals surface area contributed by atoms with Crippen LogP contribution in [0.4, 0.5) is 22.0 Å². The van der Waals surface area contributed by atoms with Crippen LogP contribution in [0, 0.1) is 16.3 Å². The zero-order valence-electron chi connectivity index (χ0n) is 8.55. The number of hydrogen-bond acceptors (Lipinski definition) is 1. The molecule has 0 spiro atoms. The van der Waals surface area contributed by atoms with E-state index < -0.39 is 23.5 Å². The molecule has 0 saturated heterocycles. The molecule has 0 unspecified atom stereocenters. The van der Waals surface area contributed by atoms with Gasteiger partial charge < -0.3 is 0 Å². The Balaban J connectivity index is 2.58. The van der Waals surface area contributed by atoms with Gasteiger partial charge in [-0.25, -0.2) is 13.5 Å². The second kappa shape index (κ2) is 4.20. The van der Waals surface area contributed by atoms with Gasteiger partial charge in [-0.1, -0.05) is 12.2 Å². The number of alkyl halides is 3. The van der Waals surface area contributed by atoms with Crippen molar-refractivity contribution in [3.63, 3.8) is 0 Å². The summed E-state index contributed by atoms with van der Waals surface area (Å²) in [5.41, 5.74) is -1.38. The summed E-state index contributed by atoms with van der Waals surface area (Å²) in [5.74, 6) is -1.84. The largest absolute Gasteiger partial charge is 0.432 e. The van der Waals surface area contributed by atoms with E-state index >= 15 is 0 Å². The molecule has 1 heterocycles. The summed E-state index contributed by atoms with van der Waals surface area (Å²) in [4.78, 5) is 0. The molecule has 2 nitrogen and oxygen atoms in total. The van der Waals surface area contributed by atoms with E-state index in [1.54, 1.807) is 0 Å². The number of halogens is 5. The summed E-state index contributed by atoms with van der Waals surface area (Å²) in [5, 5.41) is 1.92. The van der Waals surface area contributed by atoms with Crippen LogP contribution in [-0.2, 0) is 6.18 Å². The Hall–Kier alpha value is -1.70. The zero-order chi connectivity index (χ0) is 13.5. The minimum atomic E-state index is -4.62. The Labute approximate surface area is 103 Å². The maximum atomic E-state index is 13.4. The van der Waals surface area contributed by atoms with E-state index in [2.05, 4.69) is 12.2 Å². The van der Waals surface area contributed by atoms with Crippen molar-refractivity contribution in [3.05, 3.63) is 46.2 Å². The van der Waals surface area contributed by atoms with E-state index in [1.165, 1.54) is 0 Å². The van der Waals surface area contributed by atoms with Crippen molar-refractivity contribution < 1.29 is 22.0 Å². The lowest BCUT2D eigenvalue weighted by atomic mass is 10.3. The third-order valence-corrected chi connectivity index (χ3v) is 2.48. The third kappa shape index (κ3) is 2.28. The highest BCUT2D eigenvalue weighted by Gasteiger charge is 2.33. The number of hydrogen-bond donors (Lipinski definition) is 1. The van der Waals surface area contributed by atoms with Gasteiger partial charge in [0.2, 0.25) is 0 Å². The van der Waals surface area contributed by atoms with Crippen LogP contribution >= 0.6 is 12.2 Å². The molecular formula is C10H5F5N2S. The summed E-state index contributed by atoms with van der Waals surface area (Å²) in [7, 11) is 0. The van der Waals surface area contributed by atoms with E-state index in [0.717, 1.165) is 16.8 Å². The Morgan fingerprint density at radius 1 is 1.11 bits per heavy atom. The maximum Gasteiger partial charge on any atom is 0.432 e. The molecule has 0 amide bonds. The highest BCUT2D eigenvalue weighted by Crippen LogP contribution is 2.28. The maximum absolute atomic E-state index is 13.4. The highest BCUT2D eigenvalue weighted by atomic mass is 32.1. The first-order valence-corrected chi connectivity index (χ1v) is 5.04. The van der Waals surface area contributed by atoms with Crippen LogP contribution in [0.2, 0.25) is 0 Å². The van der Waals surface area contributed by atoms with Gasteiger partial charge in [0.15, 0.2) is 5.82 Å². The lowest BCUT2D eigenvalue weighted by molar-refractivity contribution is -0.141. The Morgan fingerprint density at radius 3 is 2.28 bits per heavy atom. The monoisotopic (exact) mass is 280 g/mol. The number of aromatic nitrogens is 2. The van der Waals surface area contributed by atoms with E-state index in [0.29, 0.717) is 12.1 Å². The van der Waals surface area contributed by atoms with Crippen LogP contribution in [0.1, 0.15) is 5.69 Å². The van der Waals surface area contributed by atoms with Crippen molar-refractivity contribution in [2.75, 3.05) is 0 Å². The molecule has 0 radical (unpaired) electrons. The van der Waals surface area contributed by atoms with Crippen molar-refractivity contribution in [3.8, 4) is 5.69 Å². The second-order valence-electron chi connectivity index (χ2n) is 3.44. The zero-order valence-corrected chi connectivity index (χ0v) is 9.37. The summed E-state index contributed by atoms with van der Waals surface area (Å²) >= 11 is 4.69. The molecule has 0 fully saturated rings. The first-order chi connectivity index (χ1) is 8.29. The molecule has 0 aliphatic heterocycles. The molecule has 2 aromatic rings. The average Bonchev–Trinajstić information content (AvgIpc) is 2.60. The molecule has 0 saturated carbocycles. The first-order valence-electron chi connectivity index (χ1n) is 4.64. The van der Waals surface area contributed by atoms with Gasteiger partial charge in [0.05, 0.1) is 5.69 Å². The molecule has 0 atom stereocenters. The van der Waals surface area contributed by atoms with Gasteiger partial charge >= 0.3 is 6.18 Å². The van der Waals surface area contributed by atoms with Gasteiger partial charge in [-0.2, -0.15) is 13.2 Å². The average molecular weight is 280 g/mol. The molecule has 1 aromatic heterocycles. The number of rotatable bonds is 1. The predicted octanol–water partition coefficient (Wildman–Crippen LogP) is 3.83. The number of aromatic amines is 1. The number of nitrogens with one attached hydrogen (secondary N) is 1. The van der Waals surface area contributed by atoms with Crippen molar-refractivity contribution >= 4 is 12.2 Å². The lowest BCUT2D eigenvalue weighted by Gasteiger charge is -2.06. The molecule has 2 rings (SSSR count). The van der Waals surface area contributed by atoms with E-state index in [4.69, 9.17) is 0 Å². The first kappa shape index (κ1) is 12.7. The molecule has 1 N–H and O–H groups in total. The third-order valence-electron chi connectivity index (χ3n) is 2.18. The number of H-pyrrole nitrogens is 1. The fourth-order valence-corrected chi connectivity index (χ4v) is 1.64. The van der Waals surface area contributed by atoms with Gasteiger partial charge in [0.1, 0.15) is 16.2 Å². The molecule has 0 aliphatic carbocycles. The summed E-state index contributed by atoms with van der Waals surface area (Å²) < 4.78 is 63.8. The fourth-order valence-electron chi connectivity index (χ4n) is 1.38. The predicted molar refractivity (Wildman–Crippen MR) is 55.9 cm³/mol. The van der Waals surface area contributed by atoms with E-state index in [-0.39, 0.29) is 10.3 Å². The normalized spacial score (nSPS) is 11.8. The van der Waals surface area contributed by atoms with Gasteiger partial charge in [0.25, 0.3) is 0 Å². The standard InChI is InChI=1S/C10H5F5N2S/c11-5-1-2-7(6(12)3-5)17-9(18)4-8(16-17)10(13,14)15/h1-4,16H. The fraction of sp³-hybridized carbons (Fsp3) is 0.100. The van der Waals surface area contributed by atoms with Crippen LogP contribution in [0.15, 0.2) is 24.3 Å². The SMILES string of the molecule is Fc1ccc(-n2[nH]c(C(F)(F)F)cc2=S)c(F)c1. The molecular weight excluding hydrogens is 275 g/mol. The summed E-state index contributed by atoms with van der Waals surface area (Å²) in [6, 6.07) is 3.15. The van der Waals surface area contributed by atoms with E-state index in [9.17, 15) is 22.0 Å². The van der Waals surface area contributed by atoms with Crippen molar-refractivity contribution in [1.82, 2.24) is 9.78 Å². The van der Waals surface area contributed by atoms with Gasteiger partial charge in [0, 0.05) is 12.1 Å². The van der Waals surface area contributed by atoms with Gasteiger partial charge in [-0.15, -0.1) is 0 Å². The molecule has 8 heteroatoms. The van der Waals surface area contributed by atoms with Crippen molar-refractivity contribution in [2.24, 2.45) is 0 Å². The molecule has 0 bridgehead atoms. The molecule has 18 heavy (non-hydrogen) atoms. The lowest BCUT2D eigenvalue weighted by Crippen LogP contribution is -2.08. The van der Waals surface area contributed by atoms with Crippen LogP contribution in [0.3, 0.4) is 0 Å². The number of benzene rings is 1. The van der Waals surface area contributed by atoms with Crippen LogP contribution in [-0.4, -0.2) is 9.78 Å². The Kier molecular flexibility index (Phi) is 2.97. The van der Waals surface area contributed by atoms with Gasteiger partial charge in [-0.3, -0.25) is 5.10 Å². The topological polar surface area (TPSA) is 20.7 Å². The van der Waals surface area contributed by atoms with Crippen LogP contribution in [0.5, 0.6) is 0 Å². The Bertz CT molecular complexity index is 640. The van der Waals surface area contributed by atoms with Crippen LogP contribution in [0.25, 0.3) is 5.69 Å². The van der Waals surface area contributed by atoms with Crippen molar-refractivity contribution in [2.45, 2.75) is 6.18 Å². The van der Waals surface area contributed by atoms with E-state index in [1.807, 2.05) is 5.10 Å². The summed E-state index contributed by atoms with van der Waals surface area (Å²) in [6.45, 7) is 0.